The maximum Gasteiger partial charge on any atom is 0.323 e. The number of carbonyl (C=O) groups is 1. The lowest BCUT2D eigenvalue weighted by atomic mass is 10.1. The van der Waals surface area contributed by atoms with Gasteiger partial charge in [0.25, 0.3) is 0 Å². The number of nitrogens with zero attached hydrogens (tertiary/aromatic N) is 1. The summed E-state index contributed by atoms with van der Waals surface area (Å²) in [5.41, 5.74) is 6.59. The number of imidazole rings is 1. The molecule has 0 aliphatic rings. The first-order valence-corrected chi connectivity index (χ1v) is 6.03. The predicted molar refractivity (Wildman–Crippen MR) is 65.3 cm³/mol. The Kier molecular flexibility index (Phi) is 5.69. The van der Waals surface area contributed by atoms with Crippen molar-refractivity contribution >= 4 is 5.97 Å². The fraction of sp³-hybridized carbons (Fsp3) is 0.667. The molecule has 1 unspecified atom stereocenters. The highest BCUT2D eigenvalue weighted by Gasteiger charge is 2.17. The number of carbonyl (C=O) groups excluding carboxylic acids is 1. The molecule has 17 heavy (non-hydrogen) atoms. The average molecular weight is 239 g/mol. The third-order valence-electron chi connectivity index (χ3n) is 2.59. The molecular formula is C12H21N3O2. The molecular weight excluding hydrogens is 218 g/mol. The summed E-state index contributed by atoms with van der Waals surface area (Å²) in [6.45, 7) is 4.63. The molecule has 0 amide bonds. The molecule has 0 saturated carbocycles. The molecule has 0 spiro atoms. The van der Waals surface area contributed by atoms with E-state index in [9.17, 15) is 4.79 Å². The van der Waals surface area contributed by atoms with Crippen LogP contribution in [0.1, 0.15) is 32.4 Å². The lowest BCUT2D eigenvalue weighted by Gasteiger charge is -2.14. The van der Waals surface area contributed by atoms with E-state index >= 15 is 0 Å². The molecule has 1 aromatic heterocycles. The zero-order chi connectivity index (χ0) is 12.7. The Bertz CT molecular complexity index is 325. The van der Waals surface area contributed by atoms with Crippen LogP contribution in [0.4, 0.5) is 0 Å². The number of nitrogens with two attached hydrogens (primary N) is 1. The third-order valence-corrected chi connectivity index (χ3v) is 2.59. The van der Waals surface area contributed by atoms with Gasteiger partial charge in [0.2, 0.25) is 0 Å². The van der Waals surface area contributed by atoms with Gasteiger partial charge in [-0.15, -0.1) is 0 Å². The number of hydrogen-bond donors (Lipinski definition) is 2. The SMILES string of the molecule is CCCC(C)COC(=O)[C@H](N)Cc1cnc[nH]1. The van der Waals surface area contributed by atoms with Gasteiger partial charge in [0.15, 0.2) is 0 Å². The molecule has 5 nitrogen and oxygen atoms in total. The Morgan fingerprint density at radius 1 is 1.65 bits per heavy atom. The van der Waals surface area contributed by atoms with Gasteiger partial charge in [0.1, 0.15) is 6.04 Å². The van der Waals surface area contributed by atoms with Gasteiger partial charge in [0.05, 0.1) is 12.9 Å². The lowest BCUT2D eigenvalue weighted by Crippen LogP contribution is -2.35. The van der Waals surface area contributed by atoms with E-state index in [1.165, 1.54) is 0 Å². The van der Waals surface area contributed by atoms with Crippen LogP contribution in [0.2, 0.25) is 0 Å². The van der Waals surface area contributed by atoms with Crippen LogP contribution in [0, 0.1) is 5.92 Å². The van der Waals surface area contributed by atoms with Crippen molar-refractivity contribution in [1.82, 2.24) is 9.97 Å². The minimum absolute atomic E-state index is 0.345. The van der Waals surface area contributed by atoms with Crippen LogP contribution in [0.3, 0.4) is 0 Å². The number of nitrogens with one attached hydrogen (secondary N) is 1. The molecule has 0 bridgehead atoms. The van der Waals surface area contributed by atoms with Crippen LogP contribution in [-0.4, -0.2) is 28.6 Å². The van der Waals surface area contributed by atoms with Gasteiger partial charge in [-0.3, -0.25) is 4.79 Å². The van der Waals surface area contributed by atoms with Gasteiger partial charge in [-0.1, -0.05) is 20.3 Å². The molecule has 0 fully saturated rings. The Morgan fingerprint density at radius 3 is 3.00 bits per heavy atom. The maximum atomic E-state index is 11.6. The third kappa shape index (κ3) is 4.99. The van der Waals surface area contributed by atoms with E-state index in [1.807, 2.05) is 0 Å². The highest BCUT2D eigenvalue weighted by molar-refractivity contribution is 5.75. The minimum Gasteiger partial charge on any atom is -0.464 e. The quantitative estimate of drug-likeness (QED) is 0.702. The van der Waals surface area contributed by atoms with Gasteiger partial charge in [-0.05, 0) is 12.3 Å². The summed E-state index contributed by atoms with van der Waals surface area (Å²) >= 11 is 0. The monoisotopic (exact) mass is 239 g/mol. The van der Waals surface area contributed by atoms with Crippen molar-refractivity contribution in [3.05, 3.63) is 18.2 Å². The summed E-state index contributed by atoms with van der Waals surface area (Å²) in [5.74, 6) is 0.0471. The average Bonchev–Trinajstić information content (AvgIpc) is 2.79. The number of rotatable bonds is 7. The zero-order valence-corrected chi connectivity index (χ0v) is 10.5. The van der Waals surface area contributed by atoms with Gasteiger partial charge < -0.3 is 15.5 Å². The highest BCUT2D eigenvalue weighted by atomic mass is 16.5. The molecule has 96 valence electrons. The standard InChI is InChI=1S/C12H21N3O2/c1-3-4-9(2)7-17-12(16)11(13)5-10-6-14-8-15-10/h6,8-9,11H,3-5,7,13H2,1-2H3,(H,14,15)/t9?,11-/m1/s1. The number of aromatic nitrogens is 2. The summed E-state index contributed by atoms with van der Waals surface area (Å²) in [4.78, 5) is 18.4. The second kappa shape index (κ2) is 7.06. The van der Waals surface area contributed by atoms with Crippen molar-refractivity contribution in [3.8, 4) is 0 Å². The van der Waals surface area contributed by atoms with Crippen molar-refractivity contribution in [1.29, 1.82) is 0 Å². The number of esters is 1. The lowest BCUT2D eigenvalue weighted by molar-refractivity contribution is -0.146. The summed E-state index contributed by atoms with van der Waals surface area (Å²) in [7, 11) is 0. The first-order valence-electron chi connectivity index (χ1n) is 6.03. The van der Waals surface area contributed by atoms with Crippen molar-refractivity contribution in [3.63, 3.8) is 0 Å². The van der Waals surface area contributed by atoms with Gasteiger partial charge >= 0.3 is 5.97 Å². The summed E-state index contributed by atoms with van der Waals surface area (Å²) in [5, 5.41) is 0. The van der Waals surface area contributed by atoms with Crippen molar-refractivity contribution in [2.75, 3.05) is 6.61 Å². The van der Waals surface area contributed by atoms with E-state index in [1.54, 1.807) is 12.5 Å². The number of hydrogen-bond acceptors (Lipinski definition) is 4. The van der Waals surface area contributed by atoms with Crippen molar-refractivity contribution in [2.24, 2.45) is 11.7 Å². The minimum atomic E-state index is -0.621. The Balaban J connectivity index is 2.27. The number of H-pyrrole nitrogens is 1. The molecule has 1 rings (SSSR count). The van der Waals surface area contributed by atoms with Crippen molar-refractivity contribution in [2.45, 2.75) is 39.2 Å². The van der Waals surface area contributed by atoms with Crippen molar-refractivity contribution < 1.29 is 9.53 Å². The molecule has 1 heterocycles. The number of aromatic amines is 1. The van der Waals surface area contributed by atoms with Crippen LogP contribution in [0.5, 0.6) is 0 Å². The topological polar surface area (TPSA) is 81.0 Å². The van der Waals surface area contributed by atoms with E-state index in [4.69, 9.17) is 10.5 Å². The second-order valence-electron chi connectivity index (χ2n) is 4.41. The highest BCUT2D eigenvalue weighted by Crippen LogP contribution is 2.06. The van der Waals surface area contributed by atoms with Crippen LogP contribution < -0.4 is 5.73 Å². The molecule has 1 aromatic rings. The summed E-state index contributed by atoms with van der Waals surface area (Å²) in [6, 6.07) is -0.621. The Morgan fingerprint density at radius 2 is 2.41 bits per heavy atom. The van der Waals surface area contributed by atoms with E-state index in [0.717, 1.165) is 18.5 Å². The second-order valence-corrected chi connectivity index (χ2v) is 4.41. The molecule has 0 aliphatic heterocycles. The van der Waals surface area contributed by atoms with Gasteiger partial charge in [0, 0.05) is 18.3 Å². The summed E-state index contributed by atoms with van der Waals surface area (Å²) in [6.07, 6.45) is 5.81. The van der Waals surface area contributed by atoms with E-state index in [2.05, 4.69) is 23.8 Å². The molecule has 2 atom stereocenters. The van der Waals surface area contributed by atoms with E-state index in [-0.39, 0.29) is 5.97 Å². The fourth-order valence-electron chi connectivity index (χ4n) is 1.62. The largest absolute Gasteiger partial charge is 0.464 e. The first kappa shape index (κ1) is 13.7. The molecule has 0 aliphatic carbocycles. The molecule has 0 saturated heterocycles. The van der Waals surface area contributed by atoms with E-state index in [0.29, 0.717) is 18.9 Å². The van der Waals surface area contributed by atoms with E-state index < -0.39 is 6.04 Å². The van der Waals surface area contributed by atoms with Crippen LogP contribution in [-0.2, 0) is 16.0 Å². The van der Waals surface area contributed by atoms with Gasteiger partial charge in [-0.2, -0.15) is 0 Å². The molecule has 5 heteroatoms. The number of ether oxygens (including phenoxy) is 1. The molecule has 0 radical (unpaired) electrons. The van der Waals surface area contributed by atoms with Crippen LogP contribution >= 0.6 is 0 Å². The van der Waals surface area contributed by atoms with Crippen LogP contribution in [0.25, 0.3) is 0 Å². The Hall–Kier alpha value is -1.36. The molecule has 3 N–H and O–H groups in total. The first-order chi connectivity index (χ1) is 8.13. The molecule has 0 aromatic carbocycles. The summed E-state index contributed by atoms with van der Waals surface area (Å²) < 4.78 is 5.17. The Labute approximate surface area is 102 Å². The van der Waals surface area contributed by atoms with Crippen LogP contribution in [0.15, 0.2) is 12.5 Å². The smallest absolute Gasteiger partial charge is 0.323 e. The zero-order valence-electron chi connectivity index (χ0n) is 10.5. The fourth-order valence-corrected chi connectivity index (χ4v) is 1.62. The normalized spacial score (nSPS) is 14.3. The maximum absolute atomic E-state index is 11.6. The predicted octanol–water partition coefficient (Wildman–Crippen LogP) is 1.26. The van der Waals surface area contributed by atoms with Gasteiger partial charge in [-0.25, -0.2) is 4.98 Å².